The van der Waals surface area contributed by atoms with E-state index in [2.05, 4.69) is 14.1 Å². The summed E-state index contributed by atoms with van der Waals surface area (Å²) in [7, 11) is -3.83. The molecule has 1 saturated carbocycles. The third-order valence-electron chi connectivity index (χ3n) is 5.48. The quantitative estimate of drug-likeness (QED) is 0.789. The molecule has 2 fully saturated rings. The number of amides is 1. The van der Waals surface area contributed by atoms with Gasteiger partial charge < -0.3 is 10.1 Å². The van der Waals surface area contributed by atoms with Crippen LogP contribution in [0.1, 0.15) is 32.1 Å². The number of rotatable bonds is 2. The number of carbonyl (C=O) groups excluding carboxylic acids is 1. The van der Waals surface area contributed by atoms with E-state index in [4.69, 9.17) is 4.74 Å². The number of hydrogen-bond donors (Lipinski definition) is 1. The van der Waals surface area contributed by atoms with Crippen molar-refractivity contribution in [1.82, 2.24) is 18.4 Å². The zero-order valence-electron chi connectivity index (χ0n) is 15.5. The maximum atomic E-state index is 13.7. The van der Waals surface area contributed by atoms with Gasteiger partial charge >= 0.3 is 0 Å². The van der Waals surface area contributed by atoms with Gasteiger partial charge in [-0.05, 0) is 31.4 Å². The fraction of sp³-hybridized carbons (Fsp3) is 0.611. The van der Waals surface area contributed by atoms with Gasteiger partial charge in [0.25, 0.3) is 0 Å². The van der Waals surface area contributed by atoms with Crippen molar-refractivity contribution in [2.45, 2.75) is 43.0 Å². The van der Waals surface area contributed by atoms with Gasteiger partial charge in [0, 0.05) is 25.7 Å². The molecule has 0 bridgehead atoms. The molecule has 10 heteroatoms. The third-order valence-corrected chi connectivity index (χ3v) is 7.98. The number of nitrogens with zero attached hydrogens (tertiary/aromatic N) is 3. The molecule has 2 heterocycles. The van der Waals surface area contributed by atoms with Crippen molar-refractivity contribution in [3.63, 3.8) is 0 Å². The van der Waals surface area contributed by atoms with Crippen molar-refractivity contribution < 1.29 is 17.9 Å². The van der Waals surface area contributed by atoms with Crippen LogP contribution in [0, 0.1) is 5.92 Å². The molecular weight excluding hydrogens is 400 g/mol. The standard InChI is InChI=1S/C18H24N4O4S2/c23-18-13-5-1-2-7-15(13)22(10-4-11-26-12-9-19-18)28(24,25)16-8-3-6-14-17(16)21-27-20-14/h3,6,8,13,15H,1-2,4-5,7,9-12H2,(H,19,23)/t13-,15+/m1/s1. The molecule has 2 atom stereocenters. The van der Waals surface area contributed by atoms with Crippen LogP contribution in [-0.2, 0) is 19.6 Å². The van der Waals surface area contributed by atoms with Crippen LogP contribution in [-0.4, -0.2) is 59.7 Å². The largest absolute Gasteiger partial charge is 0.380 e. The Bertz CT molecular complexity index is 946. The molecule has 2 aromatic rings. The average molecular weight is 425 g/mol. The van der Waals surface area contributed by atoms with Crippen LogP contribution in [0.25, 0.3) is 11.0 Å². The first-order chi connectivity index (χ1) is 13.6. The van der Waals surface area contributed by atoms with Crippen molar-refractivity contribution in [2.24, 2.45) is 5.92 Å². The van der Waals surface area contributed by atoms with E-state index in [1.165, 1.54) is 4.31 Å². The van der Waals surface area contributed by atoms with Gasteiger partial charge in [0.1, 0.15) is 15.9 Å². The van der Waals surface area contributed by atoms with Crippen molar-refractivity contribution in [3.05, 3.63) is 18.2 Å². The molecule has 2 aliphatic rings. The molecular formula is C18H24N4O4S2. The monoisotopic (exact) mass is 424 g/mol. The van der Waals surface area contributed by atoms with Crippen LogP contribution < -0.4 is 5.32 Å². The Morgan fingerprint density at radius 3 is 2.89 bits per heavy atom. The van der Waals surface area contributed by atoms with Crippen LogP contribution in [0.5, 0.6) is 0 Å². The molecule has 28 heavy (non-hydrogen) atoms. The zero-order valence-corrected chi connectivity index (χ0v) is 17.2. The highest BCUT2D eigenvalue weighted by Crippen LogP contribution is 2.34. The summed E-state index contributed by atoms with van der Waals surface area (Å²) >= 11 is 1.00. The van der Waals surface area contributed by atoms with Gasteiger partial charge in [0.2, 0.25) is 15.9 Å². The summed E-state index contributed by atoms with van der Waals surface area (Å²) in [5.41, 5.74) is 0.972. The Balaban J connectivity index is 1.76. The van der Waals surface area contributed by atoms with E-state index in [9.17, 15) is 13.2 Å². The van der Waals surface area contributed by atoms with E-state index in [0.29, 0.717) is 56.6 Å². The molecule has 152 valence electrons. The van der Waals surface area contributed by atoms with E-state index < -0.39 is 10.0 Å². The van der Waals surface area contributed by atoms with Gasteiger partial charge in [0.05, 0.1) is 24.3 Å². The molecule has 1 N–H and O–H groups in total. The van der Waals surface area contributed by atoms with Gasteiger partial charge in [-0.15, -0.1) is 0 Å². The molecule has 0 unspecified atom stereocenters. The number of ether oxygens (including phenoxy) is 1. The van der Waals surface area contributed by atoms with Gasteiger partial charge in [-0.3, -0.25) is 4.79 Å². The van der Waals surface area contributed by atoms with Gasteiger partial charge in [-0.1, -0.05) is 18.9 Å². The number of hydrogen-bond acceptors (Lipinski definition) is 7. The molecule has 0 spiro atoms. The Morgan fingerprint density at radius 1 is 1.14 bits per heavy atom. The van der Waals surface area contributed by atoms with E-state index in [1.54, 1.807) is 18.2 Å². The minimum atomic E-state index is -3.83. The molecule has 0 radical (unpaired) electrons. The topological polar surface area (TPSA) is 101 Å². The lowest BCUT2D eigenvalue weighted by molar-refractivity contribution is -0.127. The van der Waals surface area contributed by atoms with Gasteiger partial charge in [0.15, 0.2) is 0 Å². The van der Waals surface area contributed by atoms with Crippen molar-refractivity contribution >= 4 is 38.7 Å². The number of benzene rings is 1. The van der Waals surface area contributed by atoms with Crippen LogP contribution in [0.15, 0.2) is 23.1 Å². The van der Waals surface area contributed by atoms with Crippen LogP contribution >= 0.6 is 11.7 Å². The first-order valence-corrected chi connectivity index (χ1v) is 11.8. The molecule has 1 aromatic carbocycles. The molecule has 1 aliphatic heterocycles. The highest BCUT2D eigenvalue weighted by molar-refractivity contribution is 7.89. The van der Waals surface area contributed by atoms with Crippen LogP contribution in [0.4, 0.5) is 0 Å². The highest BCUT2D eigenvalue weighted by atomic mass is 32.2. The van der Waals surface area contributed by atoms with E-state index in [-0.39, 0.29) is 22.8 Å². The van der Waals surface area contributed by atoms with Crippen molar-refractivity contribution in [3.8, 4) is 0 Å². The van der Waals surface area contributed by atoms with E-state index >= 15 is 0 Å². The first-order valence-electron chi connectivity index (χ1n) is 9.67. The van der Waals surface area contributed by atoms with Gasteiger partial charge in [-0.25, -0.2) is 8.42 Å². The average Bonchev–Trinajstić information content (AvgIpc) is 3.17. The summed E-state index contributed by atoms with van der Waals surface area (Å²) in [6, 6.07) is 4.68. The fourth-order valence-electron chi connectivity index (χ4n) is 4.14. The predicted molar refractivity (Wildman–Crippen MR) is 105 cm³/mol. The summed E-state index contributed by atoms with van der Waals surface area (Å²) in [6.45, 7) is 1.69. The summed E-state index contributed by atoms with van der Waals surface area (Å²) in [4.78, 5) is 12.9. The van der Waals surface area contributed by atoms with Crippen molar-refractivity contribution in [2.75, 3.05) is 26.3 Å². The summed E-state index contributed by atoms with van der Waals surface area (Å²) in [5.74, 6) is -0.418. The summed E-state index contributed by atoms with van der Waals surface area (Å²) in [6.07, 6.45) is 3.82. The third kappa shape index (κ3) is 3.78. The first kappa shape index (κ1) is 19.7. The number of sulfonamides is 1. The highest BCUT2D eigenvalue weighted by Gasteiger charge is 2.41. The second-order valence-corrected chi connectivity index (χ2v) is 9.61. The lowest BCUT2D eigenvalue weighted by Crippen LogP contribution is -2.51. The predicted octanol–water partition coefficient (Wildman–Crippen LogP) is 1.78. The van der Waals surface area contributed by atoms with Crippen LogP contribution in [0.2, 0.25) is 0 Å². The molecule has 1 aliphatic carbocycles. The minimum Gasteiger partial charge on any atom is -0.380 e. The molecule has 1 saturated heterocycles. The smallest absolute Gasteiger partial charge is 0.245 e. The maximum Gasteiger partial charge on any atom is 0.245 e. The Morgan fingerprint density at radius 2 is 2.00 bits per heavy atom. The SMILES string of the molecule is O=C1NCCOCCCN(S(=O)(=O)c2cccc3nsnc23)[C@H]2CCCC[C@@H]12. The maximum absolute atomic E-state index is 13.7. The number of aromatic nitrogens is 2. The van der Waals surface area contributed by atoms with Crippen LogP contribution in [0.3, 0.4) is 0 Å². The molecule has 8 nitrogen and oxygen atoms in total. The molecule has 1 aromatic heterocycles. The normalized spacial score (nSPS) is 25.6. The lowest BCUT2D eigenvalue weighted by atomic mass is 9.83. The molecule has 4 rings (SSSR count). The Kier molecular flexibility index (Phi) is 5.91. The summed E-state index contributed by atoms with van der Waals surface area (Å²) in [5, 5.41) is 2.91. The van der Waals surface area contributed by atoms with E-state index in [0.717, 1.165) is 24.6 Å². The Hall–Kier alpha value is -1.62. The lowest BCUT2D eigenvalue weighted by Gasteiger charge is -2.38. The molecule has 1 amide bonds. The Labute approximate surface area is 168 Å². The number of fused-ring (bicyclic) bond motifs is 2. The fourth-order valence-corrected chi connectivity index (χ4v) is 6.63. The second kappa shape index (κ2) is 8.40. The number of nitrogens with one attached hydrogen (secondary N) is 1. The van der Waals surface area contributed by atoms with Gasteiger partial charge in [-0.2, -0.15) is 13.1 Å². The van der Waals surface area contributed by atoms with Crippen molar-refractivity contribution in [1.29, 1.82) is 0 Å². The summed E-state index contributed by atoms with van der Waals surface area (Å²) < 4.78 is 42.8. The number of carbonyl (C=O) groups is 1. The zero-order chi connectivity index (χ0) is 19.6. The van der Waals surface area contributed by atoms with E-state index in [1.807, 2.05) is 0 Å². The second-order valence-electron chi connectivity index (χ2n) is 7.22. The minimum absolute atomic E-state index is 0.0797.